The van der Waals surface area contributed by atoms with Crippen molar-refractivity contribution >= 4 is 33.6 Å². The van der Waals surface area contributed by atoms with Crippen molar-refractivity contribution in [3.63, 3.8) is 0 Å². The molecule has 11 heteroatoms. The number of carbonyl (C=O) groups excluding carboxylic acids is 1. The van der Waals surface area contributed by atoms with Crippen LogP contribution in [0.2, 0.25) is 0 Å². The van der Waals surface area contributed by atoms with E-state index in [-0.39, 0.29) is 30.5 Å². The molecule has 0 spiro atoms. The molecule has 2 aliphatic rings. The molecular weight excluding hydrogens is 589 g/mol. The van der Waals surface area contributed by atoms with E-state index in [0.717, 1.165) is 30.2 Å². The van der Waals surface area contributed by atoms with Crippen LogP contribution in [0.15, 0.2) is 48.5 Å². The van der Waals surface area contributed by atoms with Gasteiger partial charge in [0.1, 0.15) is 29.3 Å². The number of rotatable bonds is 8. The molecule has 10 nitrogen and oxygen atoms in total. The number of amides is 1. The van der Waals surface area contributed by atoms with Gasteiger partial charge in [-0.05, 0) is 81.7 Å². The van der Waals surface area contributed by atoms with Crippen LogP contribution in [0.25, 0.3) is 32.8 Å². The van der Waals surface area contributed by atoms with Gasteiger partial charge in [0.15, 0.2) is 12.6 Å². The van der Waals surface area contributed by atoms with Crippen LogP contribution in [-0.2, 0) is 9.47 Å². The molecular formula is C35H42FN5O5. The normalized spacial score (nSPS) is 17.6. The predicted octanol–water partition coefficient (Wildman–Crippen LogP) is 6.10. The first kappa shape index (κ1) is 31.7. The van der Waals surface area contributed by atoms with Crippen LogP contribution in [0.4, 0.5) is 15.0 Å². The van der Waals surface area contributed by atoms with Crippen LogP contribution >= 0.6 is 0 Å². The van der Waals surface area contributed by atoms with Crippen LogP contribution in [0.1, 0.15) is 33.6 Å². The number of methoxy groups -OCH3 is 1. The number of likely N-dealkylation sites (N-methyl/N-ethyl adjacent to an activating group) is 1. The maximum absolute atomic E-state index is 16.8. The third kappa shape index (κ3) is 6.80. The van der Waals surface area contributed by atoms with Crippen molar-refractivity contribution in [1.82, 2.24) is 19.8 Å². The van der Waals surface area contributed by atoms with E-state index in [0.29, 0.717) is 60.9 Å². The highest BCUT2D eigenvalue weighted by Crippen LogP contribution is 2.38. The van der Waals surface area contributed by atoms with Crippen LogP contribution in [-0.4, -0.2) is 97.8 Å². The summed E-state index contributed by atoms with van der Waals surface area (Å²) in [5.74, 6) is 0.688. The summed E-state index contributed by atoms with van der Waals surface area (Å²) >= 11 is 0. The zero-order valence-electron chi connectivity index (χ0n) is 27.2. The summed E-state index contributed by atoms with van der Waals surface area (Å²) in [6.45, 7) is 8.97. The van der Waals surface area contributed by atoms with E-state index >= 15 is 4.39 Å². The van der Waals surface area contributed by atoms with Crippen LogP contribution in [0.5, 0.6) is 11.8 Å². The van der Waals surface area contributed by atoms with Crippen molar-refractivity contribution in [2.75, 3.05) is 65.2 Å². The lowest BCUT2D eigenvalue weighted by Crippen LogP contribution is -2.50. The predicted molar refractivity (Wildman–Crippen MR) is 176 cm³/mol. The van der Waals surface area contributed by atoms with E-state index in [1.807, 2.05) is 63.2 Å². The molecule has 0 bridgehead atoms. The molecule has 3 aromatic carbocycles. The number of likely N-dealkylation sites (tertiary alicyclic amines) is 1. The van der Waals surface area contributed by atoms with Gasteiger partial charge in [-0.1, -0.05) is 30.3 Å². The molecule has 4 aromatic rings. The van der Waals surface area contributed by atoms with Crippen molar-refractivity contribution < 1.29 is 28.1 Å². The summed E-state index contributed by atoms with van der Waals surface area (Å²) < 4.78 is 39.5. The van der Waals surface area contributed by atoms with E-state index in [1.165, 1.54) is 0 Å². The van der Waals surface area contributed by atoms with Crippen LogP contribution < -0.4 is 14.4 Å². The summed E-state index contributed by atoms with van der Waals surface area (Å²) in [4.78, 5) is 28.2. The third-order valence-electron chi connectivity index (χ3n) is 8.54. The Morgan fingerprint density at radius 2 is 1.74 bits per heavy atom. The molecule has 0 unspecified atom stereocenters. The number of piperazine rings is 1. The Bertz CT molecular complexity index is 1720. The van der Waals surface area contributed by atoms with E-state index in [1.54, 1.807) is 18.1 Å². The maximum atomic E-state index is 16.8. The molecule has 0 saturated carbocycles. The van der Waals surface area contributed by atoms with Gasteiger partial charge in [-0.3, -0.25) is 0 Å². The highest BCUT2D eigenvalue weighted by atomic mass is 19.1. The number of hydrogen-bond donors (Lipinski definition) is 0. The van der Waals surface area contributed by atoms with Gasteiger partial charge in [-0.2, -0.15) is 9.97 Å². The Morgan fingerprint density at radius 1 is 0.957 bits per heavy atom. The molecule has 0 N–H and O–H groups in total. The Balaban J connectivity index is 1.39. The average molecular weight is 632 g/mol. The summed E-state index contributed by atoms with van der Waals surface area (Å²) in [7, 11) is 3.64. The van der Waals surface area contributed by atoms with E-state index in [9.17, 15) is 4.79 Å². The molecule has 1 atom stereocenters. The number of ether oxygens (including phenoxy) is 4. The van der Waals surface area contributed by atoms with Crippen molar-refractivity contribution in [3.05, 3.63) is 54.3 Å². The topological polar surface area (TPSA) is 89.5 Å². The van der Waals surface area contributed by atoms with Crippen molar-refractivity contribution in [2.24, 2.45) is 0 Å². The maximum Gasteiger partial charge on any atom is 0.410 e. The Morgan fingerprint density at radius 3 is 2.46 bits per heavy atom. The first-order valence-corrected chi connectivity index (χ1v) is 15.8. The number of halogens is 1. The number of fused-ring (bicyclic) bond motifs is 2. The minimum atomic E-state index is -0.577. The molecule has 6 rings (SSSR count). The molecule has 2 aliphatic heterocycles. The monoisotopic (exact) mass is 631 g/mol. The molecule has 0 radical (unpaired) electrons. The Kier molecular flexibility index (Phi) is 9.15. The first-order chi connectivity index (χ1) is 22.1. The van der Waals surface area contributed by atoms with Gasteiger partial charge in [0.05, 0.1) is 0 Å². The summed E-state index contributed by atoms with van der Waals surface area (Å²) in [5.41, 5.74) is 0.684. The van der Waals surface area contributed by atoms with Gasteiger partial charge in [-0.25, -0.2) is 9.18 Å². The third-order valence-corrected chi connectivity index (χ3v) is 8.54. The zero-order valence-corrected chi connectivity index (χ0v) is 27.2. The largest absolute Gasteiger partial charge is 0.468 e. The molecule has 1 amide bonds. The molecule has 2 fully saturated rings. The lowest BCUT2D eigenvalue weighted by Gasteiger charge is -2.36. The van der Waals surface area contributed by atoms with E-state index in [2.05, 4.69) is 21.8 Å². The highest BCUT2D eigenvalue weighted by molar-refractivity contribution is 6.01. The number of aromatic nitrogens is 2. The summed E-state index contributed by atoms with van der Waals surface area (Å²) in [6.07, 6.45) is 1.79. The fourth-order valence-electron chi connectivity index (χ4n) is 6.14. The molecule has 244 valence electrons. The molecule has 3 heterocycles. The minimum Gasteiger partial charge on any atom is -0.468 e. The van der Waals surface area contributed by atoms with Gasteiger partial charge in [0, 0.05) is 50.3 Å². The second-order valence-electron chi connectivity index (χ2n) is 12.9. The molecule has 0 aliphatic carbocycles. The fourth-order valence-corrected chi connectivity index (χ4v) is 6.14. The van der Waals surface area contributed by atoms with Gasteiger partial charge >= 0.3 is 12.1 Å². The van der Waals surface area contributed by atoms with E-state index in [4.69, 9.17) is 23.9 Å². The first-order valence-electron chi connectivity index (χ1n) is 15.8. The average Bonchev–Trinajstić information content (AvgIpc) is 3.46. The van der Waals surface area contributed by atoms with Gasteiger partial charge in [0.25, 0.3) is 0 Å². The number of carbonyl (C=O) groups is 1. The van der Waals surface area contributed by atoms with Gasteiger partial charge in [0.2, 0.25) is 0 Å². The quantitative estimate of drug-likeness (QED) is 0.214. The minimum absolute atomic E-state index is 0.0760. The molecule has 46 heavy (non-hydrogen) atoms. The number of hydrogen-bond acceptors (Lipinski definition) is 9. The SMILES string of the molecule is COCOc1cc(-c2ccc3c(N4CCN(C(=O)OC(C)(C)C)CC4)nc(OC[C@@H]4CCCN4C)nc3c2F)c2ccccc2c1. The van der Waals surface area contributed by atoms with Crippen molar-refractivity contribution in [2.45, 2.75) is 45.3 Å². The van der Waals surface area contributed by atoms with Gasteiger partial charge < -0.3 is 33.6 Å². The second-order valence-corrected chi connectivity index (χ2v) is 12.9. The standard InChI is InChI=1S/C35H42FN5O5/c1-35(2,3)46-34(42)41-17-15-40(16-18-41)32-28-13-12-27(29-20-25(45-22-43-5)19-23-9-6-7-11-26(23)29)30(36)31(28)37-33(38-32)44-21-24-10-8-14-39(24)4/h6-7,9,11-13,19-20,24H,8,10,14-18,21-22H2,1-5H3/t24-/m0/s1. The van der Waals surface area contributed by atoms with Crippen molar-refractivity contribution in [1.29, 1.82) is 0 Å². The Hall–Kier alpha value is -4.22. The number of nitrogens with zero attached hydrogens (tertiary/aromatic N) is 5. The van der Waals surface area contributed by atoms with E-state index < -0.39 is 11.4 Å². The molecule has 2 saturated heterocycles. The van der Waals surface area contributed by atoms with Crippen molar-refractivity contribution in [3.8, 4) is 22.9 Å². The highest BCUT2D eigenvalue weighted by Gasteiger charge is 2.29. The smallest absolute Gasteiger partial charge is 0.410 e. The Labute approximate surface area is 269 Å². The fraction of sp³-hybridized carbons (Fsp3) is 0.457. The number of benzene rings is 3. The molecule has 1 aromatic heterocycles. The number of anilines is 1. The lowest BCUT2D eigenvalue weighted by molar-refractivity contribution is 0.0240. The lowest BCUT2D eigenvalue weighted by atomic mass is 9.96. The zero-order chi connectivity index (χ0) is 32.4. The summed E-state index contributed by atoms with van der Waals surface area (Å²) in [6, 6.07) is 15.6. The van der Waals surface area contributed by atoms with Crippen LogP contribution in [0, 0.1) is 5.82 Å². The van der Waals surface area contributed by atoms with Gasteiger partial charge in [-0.15, -0.1) is 0 Å². The van der Waals surface area contributed by atoms with Crippen LogP contribution in [0.3, 0.4) is 0 Å². The summed E-state index contributed by atoms with van der Waals surface area (Å²) in [5, 5.41) is 2.38. The second kappa shape index (κ2) is 13.3.